The van der Waals surface area contributed by atoms with Crippen LogP contribution in [0.3, 0.4) is 0 Å². The molecule has 0 heterocycles. The molecule has 2 amide bonds. The lowest BCUT2D eigenvalue weighted by Crippen LogP contribution is -2.40. The van der Waals surface area contributed by atoms with Crippen LogP contribution in [0.5, 0.6) is 0 Å². The second-order valence-corrected chi connectivity index (χ2v) is 6.62. The summed E-state index contributed by atoms with van der Waals surface area (Å²) >= 11 is 11.5. The molecule has 19 heavy (non-hydrogen) atoms. The number of hydrogen-bond donors (Lipinski definition) is 3. The van der Waals surface area contributed by atoms with Crippen LogP contribution in [0.4, 0.5) is 10.5 Å². The fourth-order valence-corrected chi connectivity index (χ4v) is 3.38. The quantitative estimate of drug-likeness (QED) is 0.737. The van der Waals surface area contributed by atoms with Gasteiger partial charge in [-0.2, -0.15) is 0 Å². The number of rotatable bonds is 3. The number of urea groups is 1. The molecule has 104 valence electrons. The molecule has 1 aliphatic rings. The second-order valence-electron chi connectivity index (χ2n) is 4.16. The predicted molar refractivity (Wildman–Crippen MR) is 72.7 cm³/mol. The van der Waals surface area contributed by atoms with Gasteiger partial charge >= 0.3 is 6.03 Å². The van der Waals surface area contributed by atoms with Gasteiger partial charge in [-0.3, -0.25) is 0 Å². The Morgan fingerprint density at radius 2 is 1.95 bits per heavy atom. The van der Waals surface area contributed by atoms with Gasteiger partial charge in [-0.05, 0) is 25.0 Å². The van der Waals surface area contributed by atoms with Crippen molar-refractivity contribution in [1.29, 1.82) is 0 Å². The lowest BCUT2D eigenvalue weighted by Gasteiger charge is -2.11. The van der Waals surface area contributed by atoms with Crippen LogP contribution in [0.15, 0.2) is 17.0 Å². The van der Waals surface area contributed by atoms with E-state index in [-0.39, 0.29) is 26.7 Å². The van der Waals surface area contributed by atoms with E-state index < -0.39 is 16.1 Å². The first kappa shape index (κ1) is 14.2. The van der Waals surface area contributed by atoms with Crippen LogP contribution < -0.4 is 15.8 Å². The first-order valence-electron chi connectivity index (χ1n) is 5.37. The maximum absolute atomic E-state index is 12.0. The van der Waals surface area contributed by atoms with Crippen LogP contribution in [0.1, 0.15) is 12.8 Å². The van der Waals surface area contributed by atoms with Gasteiger partial charge < -0.3 is 11.1 Å². The normalized spacial score (nSPS) is 15.1. The summed E-state index contributed by atoms with van der Waals surface area (Å²) in [5.41, 5.74) is 5.46. The molecule has 6 nitrogen and oxygen atoms in total. The van der Waals surface area contributed by atoms with E-state index in [1.54, 1.807) is 0 Å². The molecule has 0 unspecified atom stereocenters. The molecule has 1 aliphatic carbocycles. The third-order valence-electron chi connectivity index (χ3n) is 2.45. The average molecular weight is 324 g/mol. The van der Waals surface area contributed by atoms with Crippen LogP contribution in [0.2, 0.25) is 10.0 Å². The van der Waals surface area contributed by atoms with Crippen LogP contribution in [-0.4, -0.2) is 20.5 Å². The van der Waals surface area contributed by atoms with E-state index >= 15 is 0 Å². The highest BCUT2D eigenvalue weighted by molar-refractivity contribution is 7.90. The molecule has 2 rings (SSSR count). The molecule has 0 atom stereocenters. The van der Waals surface area contributed by atoms with Gasteiger partial charge in [-0.15, -0.1) is 0 Å². The average Bonchev–Trinajstić information content (AvgIpc) is 2.97. The Kier molecular flexibility index (Phi) is 3.80. The molecule has 1 aromatic carbocycles. The summed E-state index contributed by atoms with van der Waals surface area (Å²) in [6, 6.07) is 1.73. The molecule has 1 saturated carbocycles. The summed E-state index contributed by atoms with van der Waals surface area (Å²) in [6.45, 7) is 0. The Morgan fingerprint density at radius 1 is 1.32 bits per heavy atom. The molecular weight excluding hydrogens is 313 g/mol. The van der Waals surface area contributed by atoms with Crippen molar-refractivity contribution in [3.63, 3.8) is 0 Å². The van der Waals surface area contributed by atoms with Gasteiger partial charge in [0, 0.05) is 11.1 Å². The van der Waals surface area contributed by atoms with Crippen molar-refractivity contribution >= 4 is 44.9 Å². The van der Waals surface area contributed by atoms with Crippen LogP contribution >= 0.6 is 23.2 Å². The molecule has 1 aromatic rings. The highest BCUT2D eigenvalue weighted by Gasteiger charge is 2.28. The van der Waals surface area contributed by atoms with E-state index in [1.165, 1.54) is 12.1 Å². The molecule has 4 N–H and O–H groups in total. The minimum atomic E-state index is -4.13. The molecule has 0 aromatic heterocycles. The lowest BCUT2D eigenvalue weighted by molar-refractivity contribution is 0.245. The zero-order chi connectivity index (χ0) is 14.2. The third kappa shape index (κ3) is 3.43. The van der Waals surface area contributed by atoms with E-state index in [2.05, 4.69) is 5.32 Å². The monoisotopic (exact) mass is 323 g/mol. The van der Waals surface area contributed by atoms with E-state index in [0.717, 1.165) is 12.8 Å². The maximum Gasteiger partial charge on any atom is 0.328 e. The van der Waals surface area contributed by atoms with E-state index in [1.807, 2.05) is 4.72 Å². The van der Waals surface area contributed by atoms with Crippen molar-refractivity contribution in [3.8, 4) is 0 Å². The van der Waals surface area contributed by atoms with Crippen molar-refractivity contribution in [1.82, 2.24) is 10.0 Å². The number of amides is 2. The van der Waals surface area contributed by atoms with Crippen LogP contribution in [0, 0.1) is 0 Å². The molecule has 9 heteroatoms. The summed E-state index contributed by atoms with van der Waals surface area (Å²) in [5.74, 6) is 0. The zero-order valence-corrected chi connectivity index (χ0v) is 11.9. The van der Waals surface area contributed by atoms with Crippen molar-refractivity contribution in [2.75, 3.05) is 5.73 Å². The Hall–Kier alpha value is -1.18. The SMILES string of the molecule is Nc1cc(Cl)cc(Cl)c1S(=O)(=O)NC(=O)NC1CC1. The van der Waals surface area contributed by atoms with Gasteiger partial charge in [0.1, 0.15) is 4.90 Å². The van der Waals surface area contributed by atoms with Gasteiger partial charge in [0.2, 0.25) is 0 Å². The molecule has 1 fully saturated rings. The van der Waals surface area contributed by atoms with Gasteiger partial charge in [0.15, 0.2) is 0 Å². The van der Waals surface area contributed by atoms with Gasteiger partial charge in [0.25, 0.3) is 10.0 Å². The molecule has 0 bridgehead atoms. The largest absolute Gasteiger partial charge is 0.398 e. The van der Waals surface area contributed by atoms with Crippen molar-refractivity contribution in [2.45, 2.75) is 23.8 Å². The highest BCUT2D eigenvalue weighted by Crippen LogP contribution is 2.31. The maximum atomic E-state index is 12.0. The molecule has 0 spiro atoms. The Labute approximate surface area is 120 Å². The molecule has 0 aliphatic heterocycles. The minimum Gasteiger partial charge on any atom is -0.398 e. The zero-order valence-electron chi connectivity index (χ0n) is 9.61. The smallest absolute Gasteiger partial charge is 0.328 e. The first-order valence-corrected chi connectivity index (χ1v) is 7.61. The fourth-order valence-electron chi connectivity index (χ4n) is 1.48. The number of benzene rings is 1. The summed E-state index contributed by atoms with van der Waals surface area (Å²) in [7, 11) is -4.13. The van der Waals surface area contributed by atoms with Gasteiger partial charge in [-0.1, -0.05) is 23.2 Å². The van der Waals surface area contributed by atoms with Crippen LogP contribution in [0.25, 0.3) is 0 Å². The highest BCUT2D eigenvalue weighted by atomic mass is 35.5. The first-order chi connectivity index (χ1) is 8.79. The van der Waals surface area contributed by atoms with Gasteiger partial charge in [0.05, 0.1) is 10.7 Å². The van der Waals surface area contributed by atoms with E-state index in [9.17, 15) is 13.2 Å². The van der Waals surface area contributed by atoms with Crippen molar-refractivity contribution in [3.05, 3.63) is 22.2 Å². The number of carbonyl (C=O) groups excluding carboxylic acids is 1. The Bertz CT molecular complexity index is 606. The molecule has 0 radical (unpaired) electrons. The topological polar surface area (TPSA) is 101 Å². The summed E-state index contributed by atoms with van der Waals surface area (Å²) < 4.78 is 25.9. The van der Waals surface area contributed by atoms with Crippen LogP contribution in [-0.2, 0) is 10.0 Å². The lowest BCUT2D eigenvalue weighted by atomic mass is 10.3. The summed E-state index contributed by atoms with van der Waals surface area (Å²) in [4.78, 5) is 11.1. The number of hydrogen-bond acceptors (Lipinski definition) is 4. The minimum absolute atomic E-state index is 0.0354. The van der Waals surface area contributed by atoms with Crippen molar-refractivity contribution in [2.24, 2.45) is 0 Å². The Balaban J connectivity index is 2.26. The summed E-state index contributed by atoms with van der Waals surface area (Å²) in [5, 5.41) is 2.56. The fraction of sp³-hybridized carbons (Fsp3) is 0.300. The number of halogens is 2. The van der Waals surface area contributed by atoms with Gasteiger partial charge in [-0.25, -0.2) is 17.9 Å². The number of nitrogens with one attached hydrogen (secondary N) is 2. The number of anilines is 1. The number of nitrogen functional groups attached to an aromatic ring is 1. The third-order valence-corrected chi connectivity index (χ3v) is 4.52. The summed E-state index contributed by atoms with van der Waals surface area (Å²) in [6.07, 6.45) is 1.69. The number of sulfonamides is 1. The molecule has 0 saturated heterocycles. The van der Waals surface area contributed by atoms with E-state index in [4.69, 9.17) is 28.9 Å². The Morgan fingerprint density at radius 3 is 2.47 bits per heavy atom. The standard InChI is InChI=1S/C10H11Cl2N3O3S/c11-5-3-7(12)9(8(13)4-5)19(17,18)15-10(16)14-6-1-2-6/h3-4,6H,1-2,13H2,(H2,14,15,16). The number of carbonyl (C=O) groups is 1. The second kappa shape index (κ2) is 5.07. The predicted octanol–water partition coefficient (Wildman–Crippen LogP) is 1.73. The van der Waals surface area contributed by atoms with Crippen molar-refractivity contribution < 1.29 is 13.2 Å². The van der Waals surface area contributed by atoms with E-state index in [0.29, 0.717) is 0 Å². The number of nitrogens with two attached hydrogens (primary N) is 1. The molecular formula is C10H11Cl2N3O3S.